The molecule has 0 radical (unpaired) electrons. The molecule has 0 aromatic heterocycles. The predicted molar refractivity (Wildman–Crippen MR) is 87.6 cm³/mol. The van der Waals surface area contributed by atoms with Gasteiger partial charge in [0, 0.05) is 14.6 Å². The molecule has 2 rings (SSSR count). The number of carboxylic acids is 1. The van der Waals surface area contributed by atoms with Gasteiger partial charge in [0.1, 0.15) is 0 Å². The SMILES string of the molecule is O=C(Cc1ccc(Br)cc1)Nc1ccc(Br)c(C(=O)O)c1. The molecule has 0 atom stereocenters. The van der Waals surface area contributed by atoms with Crippen molar-refractivity contribution in [3.05, 3.63) is 62.5 Å². The smallest absolute Gasteiger partial charge is 0.336 e. The molecule has 0 saturated carbocycles. The summed E-state index contributed by atoms with van der Waals surface area (Å²) in [5, 5.41) is 11.7. The Balaban J connectivity index is 2.07. The van der Waals surface area contributed by atoms with Crippen LogP contribution in [0.1, 0.15) is 15.9 Å². The van der Waals surface area contributed by atoms with E-state index in [9.17, 15) is 9.59 Å². The molecule has 1 amide bonds. The first-order valence-corrected chi connectivity index (χ1v) is 7.61. The molecule has 2 N–H and O–H groups in total. The van der Waals surface area contributed by atoms with Crippen LogP contribution in [0.2, 0.25) is 0 Å². The maximum absolute atomic E-state index is 12.0. The minimum Gasteiger partial charge on any atom is -0.478 e. The van der Waals surface area contributed by atoms with Crippen molar-refractivity contribution in [1.29, 1.82) is 0 Å². The van der Waals surface area contributed by atoms with Crippen molar-refractivity contribution in [2.75, 3.05) is 5.32 Å². The summed E-state index contributed by atoms with van der Waals surface area (Å²) in [6.07, 6.45) is 0.228. The number of halogens is 2. The molecule has 0 aliphatic heterocycles. The van der Waals surface area contributed by atoms with E-state index in [1.807, 2.05) is 24.3 Å². The average molecular weight is 413 g/mol. The van der Waals surface area contributed by atoms with Gasteiger partial charge in [0.05, 0.1) is 12.0 Å². The molecule has 0 bridgehead atoms. The van der Waals surface area contributed by atoms with Gasteiger partial charge >= 0.3 is 5.97 Å². The van der Waals surface area contributed by atoms with Gasteiger partial charge in [-0.05, 0) is 51.8 Å². The van der Waals surface area contributed by atoms with Crippen LogP contribution < -0.4 is 5.32 Å². The minimum atomic E-state index is -1.05. The summed E-state index contributed by atoms with van der Waals surface area (Å²) in [4.78, 5) is 23.0. The summed E-state index contributed by atoms with van der Waals surface area (Å²) in [6.45, 7) is 0. The molecule has 108 valence electrons. The summed E-state index contributed by atoms with van der Waals surface area (Å²) in [6, 6.07) is 12.1. The van der Waals surface area contributed by atoms with E-state index in [0.29, 0.717) is 10.2 Å². The maximum atomic E-state index is 12.0. The summed E-state index contributed by atoms with van der Waals surface area (Å²) in [7, 11) is 0. The molecule has 4 nitrogen and oxygen atoms in total. The van der Waals surface area contributed by atoms with E-state index in [1.54, 1.807) is 12.1 Å². The molecule has 0 aliphatic rings. The van der Waals surface area contributed by atoms with Crippen LogP contribution in [0.5, 0.6) is 0 Å². The van der Waals surface area contributed by atoms with Crippen LogP contribution in [0, 0.1) is 0 Å². The Kier molecular flexibility index (Phi) is 5.14. The standard InChI is InChI=1S/C15H11Br2NO3/c16-10-3-1-9(2-4-10)7-14(19)18-11-5-6-13(17)12(8-11)15(20)21/h1-6,8H,7H2,(H,18,19)(H,20,21). The van der Waals surface area contributed by atoms with E-state index in [4.69, 9.17) is 5.11 Å². The Labute approximate surface area is 138 Å². The van der Waals surface area contributed by atoms with Gasteiger partial charge in [0.15, 0.2) is 0 Å². The number of carboxylic acid groups (broad SMARTS) is 1. The monoisotopic (exact) mass is 411 g/mol. The van der Waals surface area contributed by atoms with Crippen molar-refractivity contribution < 1.29 is 14.7 Å². The lowest BCUT2D eigenvalue weighted by Gasteiger charge is -2.07. The van der Waals surface area contributed by atoms with Crippen LogP contribution in [0.15, 0.2) is 51.4 Å². The third kappa shape index (κ3) is 4.41. The number of amides is 1. The zero-order chi connectivity index (χ0) is 15.4. The zero-order valence-corrected chi connectivity index (χ0v) is 13.9. The first kappa shape index (κ1) is 15.7. The third-order valence-electron chi connectivity index (χ3n) is 2.76. The van der Waals surface area contributed by atoms with E-state index in [1.165, 1.54) is 6.07 Å². The van der Waals surface area contributed by atoms with Crippen LogP contribution in [-0.4, -0.2) is 17.0 Å². The molecule has 0 aliphatic carbocycles. The largest absolute Gasteiger partial charge is 0.478 e. The predicted octanol–water partition coefficient (Wildman–Crippen LogP) is 4.09. The highest BCUT2D eigenvalue weighted by Crippen LogP contribution is 2.21. The Morgan fingerprint density at radius 2 is 1.71 bits per heavy atom. The molecule has 2 aromatic rings. The first-order chi connectivity index (χ1) is 9.95. The Hall–Kier alpha value is -1.66. The third-order valence-corrected chi connectivity index (χ3v) is 3.98. The van der Waals surface area contributed by atoms with Crippen LogP contribution in [-0.2, 0) is 11.2 Å². The highest BCUT2D eigenvalue weighted by atomic mass is 79.9. The number of carbonyl (C=O) groups excluding carboxylic acids is 1. The van der Waals surface area contributed by atoms with Gasteiger partial charge in [-0.25, -0.2) is 4.79 Å². The second-order valence-electron chi connectivity index (χ2n) is 4.35. The molecular formula is C15H11Br2NO3. The Morgan fingerprint density at radius 3 is 2.33 bits per heavy atom. The number of carbonyl (C=O) groups is 2. The van der Waals surface area contributed by atoms with Crippen LogP contribution >= 0.6 is 31.9 Å². The lowest BCUT2D eigenvalue weighted by molar-refractivity contribution is -0.115. The average Bonchev–Trinajstić information content (AvgIpc) is 2.43. The van der Waals surface area contributed by atoms with Crippen molar-refractivity contribution in [2.45, 2.75) is 6.42 Å². The fourth-order valence-electron chi connectivity index (χ4n) is 1.76. The van der Waals surface area contributed by atoms with E-state index in [-0.39, 0.29) is 17.9 Å². The second kappa shape index (κ2) is 6.87. The maximum Gasteiger partial charge on any atom is 0.336 e. The van der Waals surface area contributed by atoms with Crippen molar-refractivity contribution in [3.8, 4) is 0 Å². The fraction of sp³-hybridized carbons (Fsp3) is 0.0667. The van der Waals surface area contributed by atoms with E-state index in [0.717, 1.165) is 10.0 Å². The quantitative estimate of drug-likeness (QED) is 0.794. The lowest BCUT2D eigenvalue weighted by Crippen LogP contribution is -2.14. The molecule has 0 saturated heterocycles. The zero-order valence-electron chi connectivity index (χ0n) is 10.8. The number of hydrogen-bond donors (Lipinski definition) is 2. The molecule has 2 aromatic carbocycles. The summed E-state index contributed by atoms with van der Waals surface area (Å²) >= 11 is 6.49. The van der Waals surface area contributed by atoms with Gasteiger partial charge in [-0.15, -0.1) is 0 Å². The van der Waals surface area contributed by atoms with E-state index < -0.39 is 5.97 Å². The number of hydrogen-bond acceptors (Lipinski definition) is 2. The van der Waals surface area contributed by atoms with Gasteiger partial charge < -0.3 is 10.4 Å². The lowest BCUT2D eigenvalue weighted by atomic mass is 10.1. The van der Waals surface area contributed by atoms with E-state index in [2.05, 4.69) is 37.2 Å². The van der Waals surface area contributed by atoms with Gasteiger partial charge in [-0.1, -0.05) is 28.1 Å². The molecule has 0 heterocycles. The van der Waals surface area contributed by atoms with E-state index >= 15 is 0 Å². The molecule has 21 heavy (non-hydrogen) atoms. The first-order valence-electron chi connectivity index (χ1n) is 6.03. The van der Waals surface area contributed by atoms with Gasteiger partial charge in [0.2, 0.25) is 5.91 Å². The van der Waals surface area contributed by atoms with Gasteiger partial charge in [-0.2, -0.15) is 0 Å². The highest BCUT2D eigenvalue weighted by molar-refractivity contribution is 9.10. The normalized spacial score (nSPS) is 10.2. The van der Waals surface area contributed by atoms with Gasteiger partial charge in [0.25, 0.3) is 0 Å². The Morgan fingerprint density at radius 1 is 1.05 bits per heavy atom. The number of rotatable bonds is 4. The molecule has 0 fully saturated rings. The number of anilines is 1. The minimum absolute atomic E-state index is 0.108. The fourth-order valence-corrected chi connectivity index (χ4v) is 2.44. The number of benzene rings is 2. The van der Waals surface area contributed by atoms with Gasteiger partial charge in [-0.3, -0.25) is 4.79 Å². The van der Waals surface area contributed by atoms with Crippen molar-refractivity contribution in [3.63, 3.8) is 0 Å². The highest BCUT2D eigenvalue weighted by Gasteiger charge is 2.10. The van der Waals surface area contributed by atoms with Crippen molar-refractivity contribution in [2.24, 2.45) is 0 Å². The summed E-state index contributed by atoms with van der Waals surface area (Å²) in [5.74, 6) is -1.25. The number of aromatic carboxylic acids is 1. The second-order valence-corrected chi connectivity index (χ2v) is 6.12. The molecule has 6 heteroatoms. The van der Waals surface area contributed by atoms with Crippen LogP contribution in [0.25, 0.3) is 0 Å². The van der Waals surface area contributed by atoms with Crippen molar-refractivity contribution in [1.82, 2.24) is 0 Å². The van der Waals surface area contributed by atoms with Crippen LogP contribution in [0.3, 0.4) is 0 Å². The summed E-state index contributed by atoms with van der Waals surface area (Å²) < 4.78 is 1.42. The topological polar surface area (TPSA) is 66.4 Å². The number of nitrogens with one attached hydrogen (secondary N) is 1. The summed E-state index contributed by atoms with van der Waals surface area (Å²) in [5.41, 5.74) is 1.44. The van der Waals surface area contributed by atoms with Crippen molar-refractivity contribution >= 4 is 49.4 Å². The molecule has 0 spiro atoms. The Bertz CT molecular complexity index is 684. The van der Waals surface area contributed by atoms with Crippen LogP contribution in [0.4, 0.5) is 5.69 Å². The molecular weight excluding hydrogens is 402 g/mol. The molecule has 0 unspecified atom stereocenters.